The highest BCUT2D eigenvalue weighted by molar-refractivity contribution is 5.80. The summed E-state index contributed by atoms with van der Waals surface area (Å²) in [4.78, 5) is 11.5. The van der Waals surface area contributed by atoms with Gasteiger partial charge >= 0.3 is 0 Å². The van der Waals surface area contributed by atoms with Crippen molar-refractivity contribution in [2.24, 2.45) is 7.05 Å². The average molecular weight is 211 g/mol. The van der Waals surface area contributed by atoms with E-state index in [2.05, 4.69) is 20.8 Å². The second-order valence-corrected chi connectivity index (χ2v) is 3.44. The van der Waals surface area contributed by atoms with Gasteiger partial charge < -0.3 is 10.1 Å². The summed E-state index contributed by atoms with van der Waals surface area (Å²) >= 11 is 0. The van der Waals surface area contributed by atoms with Crippen LogP contribution in [0.1, 0.15) is 18.7 Å². The van der Waals surface area contributed by atoms with Crippen LogP contribution in [0.15, 0.2) is 0 Å². The molecule has 82 valence electrons. The third-order valence-corrected chi connectivity index (χ3v) is 2.35. The van der Waals surface area contributed by atoms with Gasteiger partial charge in [-0.25, -0.2) is 4.68 Å². The fourth-order valence-corrected chi connectivity index (χ4v) is 1.46. The molecule has 0 aliphatic carbocycles. The van der Waals surface area contributed by atoms with E-state index < -0.39 is 0 Å². The van der Waals surface area contributed by atoms with E-state index in [1.807, 2.05) is 0 Å². The number of rotatable bonds is 3. The molecule has 1 aliphatic rings. The van der Waals surface area contributed by atoms with Crippen molar-refractivity contribution in [3.05, 3.63) is 5.82 Å². The molecule has 1 saturated heterocycles. The molecule has 1 N–H and O–H groups in total. The van der Waals surface area contributed by atoms with Crippen LogP contribution in [0.2, 0.25) is 0 Å². The lowest BCUT2D eigenvalue weighted by molar-refractivity contribution is -0.130. The van der Waals surface area contributed by atoms with Gasteiger partial charge in [-0.05, 0) is 23.3 Å². The van der Waals surface area contributed by atoms with Gasteiger partial charge in [-0.2, -0.15) is 0 Å². The molecule has 0 aromatic carbocycles. The second kappa shape index (κ2) is 4.35. The zero-order valence-corrected chi connectivity index (χ0v) is 8.51. The van der Waals surface area contributed by atoms with Crippen LogP contribution in [-0.4, -0.2) is 38.8 Å². The Morgan fingerprint density at radius 3 is 3.20 bits per heavy atom. The summed E-state index contributed by atoms with van der Waals surface area (Å²) in [5.41, 5.74) is 0. The van der Waals surface area contributed by atoms with Crippen molar-refractivity contribution in [1.82, 2.24) is 25.5 Å². The largest absolute Gasteiger partial charge is 0.368 e. The molecule has 1 aromatic rings. The molecule has 0 bridgehead atoms. The number of aromatic nitrogens is 4. The zero-order chi connectivity index (χ0) is 10.7. The SMILES string of the molecule is Cn1nnnc1CNC(=O)C1CCCO1. The van der Waals surface area contributed by atoms with Crippen LogP contribution in [0.4, 0.5) is 0 Å². The van der Waals surface area contributed by atoms with Crippen molar-refractivity contribution >= 4 is 5.91 Å². The molecule has 1 aliphatic heterocycles. The van der Waals surface area contributed by atoms with E-state index in [1.54, 1.807) is 7.05 Å². The molecule has 7 nitrogen and oxygen atoms in total. The third kappa shape index (κ3) is 2.30. The lowest BCUT2D eigenvalue weighted by atomic mass is 10.2. The predicted molar refractivity (Wildman–Crippen MR) is 49.6 cm³/mol. The zero-order valence-electron chi connectivity index (χ0n) is 8.51. The summed E-state index contributed by atoms with van der Waals surface area (Å²) in [5.74, 6) is 0.539. The number of nitrogens with zero attached hydrogens (tertiary/aromatic N) is 4. The number of nitrogens with one attached hydrogen (secondary N) is 1. The monoisotopic (exact) mass is 211 g/mol. The maximum Gasteiger partial charge on any atom is 0.249 e. The van der Waals surface area contributed by atoms with E-state index in [1.165, 1.54) is 4.68 Å². The number of tetrazole rings is 1. The first-order valence-electron chi connectivity index (χ1n) is 4.88. The summed E-state index contributed by atoms with van der Waals surface area (Å²) in [6.07, 6.45) is 1.44. The van der Waals surface area contributed by atoms with Crippen LogP contribution >= 0.6 is 0 Å². The molecule has 1 amide bonds. The summed E-state index contributed by atoms with van der Waals surface area (Å²) < 4.78 is 6.77. The Hall–Kier alpha value is -1.50. The van der Waals surface area contributed by atoms with Gasteiger partial charge in [0.05, 0.1) is 6.54 Å². The van der Waals surface area contributed by atoms with Crippen molar-refractivity contribution in [1.29, 1.82) is 0 Å². The smallest absolute Gasteiger partial charge is 0.249 e. The minimum atomic E-state index is -0.300. The van der Waals surface area contributed by atoms with Crippen molar-refractivity contribution in [2.45, 2.75) is 25.5 Å². The fraction of sp³-hybridized carbons (Fsp3) is 0.750. The van der Waals surface area contributed by atoms with Crippen molar-refractivity contribution in [2.75, 3.05) is 6.61 Å². The second-order valence-electron chi connectivity index (χ2n) is 3.44. The summed E-state index contributed by atoms with van der Waals surface area (Å²) in [6, 6.07) is 0. The number of hydrogen-bond donors (Lipinski definition) is 1. The molecule has 0 radical (unpaired) electrons. The van der Waals surface area contributed by atoms with Gasteiger partial charge in [0.2, 0.25) is 5.91 Å². The topological polar surface area (TPSA) is 81.9 Å². The first-order valence-corrected chi connectivity index (χ1v) is 4.88. The lowest BCUT2D eigenvalue weighted by Crippen LogP contribution is -2.34. The van der Waals surface area contributed by atoms with Crippen LogP contribution in [0.25, 0.3) is 0 Å². The number of ether oxygens (including phenoxy) is 1. The first-order chi connectivity index (χ1) is 7.27. The van der Waals surface area contributed by atoms with Crippen LogP contribution < -0.4 is 5.32 Å². The van der Waals surface area contributed by atoms with E-state index in [-0.39, 0.29) is 12.0 Å². The maximum absolute atomic E-state index is 11.5. The Kier molecular flexibility index (Phi) is 2.91. The highest BCUT2D eigenvalue weighted by atomic mass is 16.5. The van der Waals surface area contributed by atoms with Crippen LogP contribution in [0.3, 0.4) is 0 Å². The molecule has 2 heterocycles. The van der Waals surface area contributed by atoms with E-state index >= 15 is 0 Å². The van der Waals surface area contributed by atoms with E-state index in [4.69, 9.17) is 4.74 Å². The average Bonchev–Trinajstić information content (AvgIpc) is 2.85. The third-order valence-electron chi connectivity index (χ3n) is 2.35. The Labute approximate surface area is 86.8 Å². The van der Waals surface area contributed by atoms with E-state index in [0.717, 1.165) is 12.8 Å². The molecule has 7 heteroatoms. The Morgan fingerprint density at radius 2 is 2.60 bits per heavy atom. The molecule has 2 rings (SSSR count). The van der Waals surface area contributed by atoms with E-state index in [0.29, 0.717) is 19.0 Å². The molecule has 1 atom stereocenters. The van der Waals surface area contributed by atoms with E-state index in [9.17, 15) is 4.79 Å². The Morgan fingerprint density at radius 1 is 1.73 bits per heavy atom. The lowest BCUT2D eigenvalue weighted by Gasteiger charge is -2.09. The first kappa shape index (κ1) is 10.0. The molecule has 0 saturated carbocycles. The molecule has 0 spiro atoms. The van der Waals surface area contributed by atoms with Crippen molar-refractivity contribution in [3.63, 3.8) is 0 Å². The highest BCUT2D eigenvalue weighted by Gasteiger charge is 2.23. The normalized spacial score (nSPS) is 20.5. The van der Waals surface area contributed by atoms with Gasteiger partial charge in [-0.15, -0.1) is 5.10 Å². The fourth-order valence-electron chi connectivity index (χ4n) is 1.46. The Bertz CT molecular complexity index is 345. The molecule has 15 heavy (non-hydrogen) atoms. The summed E-state index contributed by atoms with van der Waals surface area (Å²) in [6.45, 7) is 1.01. The minimum absolute atomic E-state index is 0.0875. The van der Waals surface area contributed by atoms with Gasteiger partial charge in [0.1, 0.15) is 6.10 Å². The highest BCUT2D eigenvalue weighted by Crippen LogP contribution is 2.11. The molecule has 1 aromatic heterocycles. The molecule has 1 fully saturated rings. The molecular weight excluding hydrogens is 198 g/mol. The Balaban J connectivity index is 1.83. The number of hydrogen-bond acceptors (Lipinski definition) is 5. The number of aryl methyl sites for hydroxylation is 1. The van der Waals surface area contributed by atoms with Gasteiger partial charge in [0.25, 0.3) is 0 Å². The summed E-state index contributed by atoms with van der Waals surface area (Å²) in [7, 11) is 1.73. The number of amides is 1. The van der Waals surface area contributed by atoms with Gasteiger partial charge in [-0.3, -0.25) is 4.79 Å². The van der Waals surface area contributed by atoms with Gasteiger partial charge in [-0.1, -0.05) is 0 Å². The van der Waals surface area contributed by atoms with Gasteiger partial charge in [0, 0.05) is 13.7 Å². The standard InChI is InChI=1S/C8H13N5O2/c1-13-7(10-11-12-13)5-9-8(14)6-3-2-4-15-6/h6H,2-5H2,1H3,(H,9,14). The number of carbonyl (C=O) groups is 1. The molecule has 1 unspecified atom stereocenters. The van der Waals surface area contributed by atoms with Crippen molar-refractivity contribution in [3.8, 4) is 0 Å². The quantitative estimate of drug-likeness (QED) is 0.693. The maximum atomic E-state index is 11.5. The molecular formula is C8H13N5O2. The summed E-state index contributed by atoms with van der Waals surface area (Å²) in [5, 5.41) is 13.6. The van der Waals surface area contributed by atoms with Crippen LogP contribution in [0.5, 0.6) is 0 Å². The van der Waals surface area contributed by atoms with Crippen molar-refractivity contribution < 1.29 is 9.53 Å². The van der Waals surface area contributed by atoms with Crippen LogP contribution in [0, 0.1) is 0 Å². The predicted octanol–water partition coefficient (Wildman–Crippen LogP) is -0.995. The van der Waals surface area contributed by atoms with Gasteiger partial charge in [0.15, 0.2) is 5.82 Å². The minimum Gasteiger partial charge on any atom is -0.368 e. The number of carbonyl (C=O) groups excluding carboxylic acids is 1. The van der Waals surface area contributed by atoms with Crippen LogP contribution in [-0.2, 0) is 23.1 Å².